The van der Waals surface area contributed by atoms with Gasteiger partial charge in [-0.05, 0) is 50.2 Å². The van der Waals surface area contributed by atoms with E-state index < -0.39 is 0 Å². The first-order valence-corrected chi connectivity index (χ1v) is 10.4. The molecule has 0 unspecified atom stereocenters. The molecule has 0 amide bonds. The van der Waals surface area contributed by atoms with Crippen molar-refractivity contribution in [2.24, 2.45) is 0 Å². The van der Waals surface area contributed by atoms with Gasteiger partial charge in [-0.3, -0.25) is 0 Å². The van der Waals surface area contributed by atoms with Gasteiger partial charge in [0.2, 0.25) is 0 Å². The monoisotopic (exact) mass is 379 g/mol. The fraction of sp³-hybridized carbons (Fsp3) is 0.381. The quantitative estimate of drug-likeness (QED) is 0.634. The van der Waals surface area contributed by atoms with Crippen molar-refractivity contribution in [3.63, 3.8) is 0 Å². The molecule has 3 heterocycles. The second-order valence-electron chi connectivity index (χ2n) is 7.28. The van der Waals surface area contributed by atoms with Crippen molar-refractivity contribution in [2.45, 2.75) is 38.0 Å². The van der Waals surface area contributed by atoms with Crippen LogP contribution in [0.25, 0.3) is 21.8 Å². The third kappa shape index (κ3) is 3.34. The summed E-state index contributed by atoms with van der Waals surface area (Å²) in [6.45, 7) is 2.06. The Morgan fingerprint density at radius 1 is 1.11 bits per heavy atom. The van der Waals surface area contributed by atoms with Crippen molar-refractivity contribution < 1.29 is 4.39 Å². The summed E-state index contributed by atoms with van der Waals surface area (Å²) >= 11 is 1.66. The van der Waals surface area contributed by atoms with E-state index in [1.807, 2.05) is 12.3 Å². The van der Waals surface area contributed by atoms with Gasteiger partial charge in [0.25, 0.3) is 0 Å². The van der Waals surface area contributed by atoms with Crippen LogP contribution in [0, 0.1) is 12.1 Å². The summed E-state index contributed by atoms with van der Waals surface area (Å²) in [5, 5.41) is 1.00. The molecule has 4 nitrogen and oxygen atoms in total. The van der Waals surface area contributed by atoms with Crippen LogP contribution in [0.3, 0.4) is 0 Å². The predicted octanol–water partition coefficient (Wildman–Crippen LogP) is 5.07. The normalized spacial score (nSPS) is 17.3. The zero-order valence-corrected chi connectivity index (χ0v) is 15.8. The minimum atomic E-state index is -0.248. The number of hydrogen-bond donors (Lipinski definition) is 0. The van der Waals surface area contributed by atoms with Crippen LogP contribution in [0.1, 0.15) is 43.6 Å². The average Bonchev–Trinajstić information content (AvgIpc) is 3.47. The summed E-state index contributed by atoms with van der Waals surface area (Å²) < 4.78 is 13.9. The second kappa shape index (κ2) is 7.00. The first-order chi connectivity index (χ1) is 13.3. The maximum Gasteiger partial charge on any atom is 0.198 e. The maximum absolute atomic E-state index is 13.9. The SMILES string of the molecule is Fc1cccc(-c2nc(N3CCCCC3)sc2-c2n[c]ncc2C2CC2)c1. The van der Waals surface area contributed by atoms with E-state index >= 15 is 0 Å². The lowest BCUT2D eigenvalue weighted by molar-refractivity contribution is 0.577. The molecule has 0 spiro atoms. The Morgan fingerprint density at radius 2 is 1.96 bits per heavy atom. The average molecular weight is 379 g/mol. The fourth-order valence-electron chi connectivity index (χ4n) is 3.70. The molecule has 1 aromatic carbocycles. The van der Waals surface area contributed by atoms with E-state index in [1.54, 1.807) is 23.5 Å². The Kier molecular flexibility index (Phi) is 4.36. The zero-order valence-electron chi connectivity index (χ0n) is 15.0. The highest BCUT2D eigenvalue weighted by Gasteiger charge is 2.30. The largest absolute Gasteiger partial charge is 0.348 e. The molecule has 3 aromatic rings. The molecule has 27 heavy (non-hydrogen) atoms. The van der Waals surface area contributed by atoms with Crippen molar-refractivity contribution in [1.82, 2.24) is 15.0 Å². The Morgan fingerprint density at radius 3 is 2.74 bits per heavy atom. The van der Waals surface area contributed by atoms with Crippen LogP contribution in [0.5, 0.6) is 0 Å². The highest BCUT2D eigenvalue weighted by molar-refractivity contribution is 7.19. The molecule has 1 radical (unpaired) electrons. The Balaban J connectivity index is 1.65. The molecule has 2 aliphatic rings. The third-order valence-electron chi connectivity index (χ3n) is 5.27. The highest BCUT2D eigenvalue weighted by atomic mass is 32.1. The summed E-state index contributed by atoms with van der Waals surface area (Å²) in [6.07, 6.45) is 10.6. The van der Waals surface area contributed by atoms with Gasteiger partial charge in [-0.1, -0.05) is 23.5 Å². The number of piperidine rings is 1. The number of anilines is 1. The van der Waals surface area contributed by atoms with E-state index in [1.165, 1.54) is 43.7 Å². The molecule has 2 aromatic heterocycles. The summed E-state index contributed by atoms with van der Waals surface area (Å²) in [5.41, 5.74) is 3.69. The lowest BCUT2D eigenvalue weighted by Crippen LogP contribution is -2.29. The lowest BCUT2D eigenvalue weighted by Gasteiger charge is -2.25. The van der Waals surface area contributed by atoms with Crippen LogP contribution in [-0.4, -0.2) is 28.0 Å². The lowest BCUT2D eigenvalue weighted by atomic mass is 10.1. The van der Waals surface area contributed by atoms with E-state index in [-0.39, 0.29) is 5.82 Å². The Labute approximate surface area is 162 Å². The number of nitrogens with zero attached hydrogens (tertiary/aromatic N) is 4. The van der Waals surface area contributed by atoms with Crippen LogP contribution in [0.4, 0.5) is 9.52 Å². The van der Waals surface area contributed by atoms with Gasteiger partial charge < -0.3 is 4.90 Å². The van der Waals surface area contributed by atoms with Crippen molar-refractivity contribution in [1.29, 1.82) is 0 Å². The molecule has 137 valence electrons. The maximum atomic E-state index is 13.9. The van der Waals surface area contributed by atoms with Crippen molar-refractivity contribution in [3.05, 3.63) is 48.2 Å². The fourth-order valence-corrected chi connectivity index (χ4v) is 4.85. The van der Waals surface area contributed by atoms with Gasteiger partial charge >= 0.3 is 0 Å². The van der Waals surface area contributed by atoms with Crippen LogP contribution >= 0.6 is 11.3 Å². The number of halogens is 1. The highest BCUT2D eigenvalue weighted by Crippen LogP contribution is 2.47. The van der Waals surface area contributed by atoms with Gasteiger partial charge in [-0.2, -0.15) is 0 Å². The van der Waals surface area contributed by atoms with Gasteiger partial charge in [-0.15, -0.1) is 0 Å². The molecule has 1 aliphatic heterocycles. The van der Waals surface area contributed by atoms with Gasteiger partial charge in [0.1, 0.15) is 5.82 Å². The van der Waals surface area contributed by atoms with Gasteiger partial charge in [0.05, 0.1) is 16.3 Å². The number of hydrogen-bond acceptors (Lipinski definition) is 5. The molecular weight excluding hydrogens is 359 g/mol. The Bertz CT molecular complexity index is 960. The molecule has 0 atom stereocenters. The first kappa shape index (κ1) is 16.8. The summed E-state index contributed by atoms with van der Waals surface area (Å²) in [4.78, 5) is 16.9. The molecule has 2 fully saturated rings. The van der Waals surface area contributed by atoms with Crippen LogP contribution in [0.2, 0.25) is 0 Å². The predicted molar refractivity (Wildman–Crippen MR) is 105 cm³/mol. The summed E-state index contributed by atoms with van der Waals surface area (Å²) in [6, 6.07) is 6.68. The third-order valence-corrected chi connectivity index (χ3v) is 6.39. The second-order valence-corrected chi connectivity index (χ2v) is 8.26. The van der Waals surface area contributed by atoms with Crippen LogP contribution in [0.15, 0.2) is 30.5 Å². The van der Waals surface area contributed by atoms with Crippen LogP contribution < -0.4 is 4.90 Å². The number of rotatable bonds is 4. The van der Waals surface area contributed by atoms with Crippen molar-refractivity contribution in [2.75, 3.05) is 18.0 Å². The molecule has 6 heteroatoms. The van der Waals surface area contributed by atoms with Gasteiger partial charge in [0, 0.05) is 30.4 Å². The topological polar surface area (TPSA) is 41.9 Å². The minimum absolute atomic E-state index is 0.248. The molecule has 0 N–H and O–H groups in total. The van der Waals surface area contributed by atoms with E-state index in [0.717, 1.165) is 40.0 Å². The van der Waals surface area contributed by atoms with Crippen LogP contribution in [-0.2, 0) is 0 Å². The molecule has 1 saturated heterocycles. The Hall–Kier alpha value is -2.34. The number of thiazole rings is 1. The van der Waals surface area contributed by atoms with E-state index in [4.69, 9.17) is 4.98 Å². The number of benzene rings is 1. The van der Waals surface area contributed by atoms with E-state index in [2.05, 4.69) is 21.2 Å². The van der Waals surface area contributed by atoms with Gasteiger partial charge in [0.15, 0.2) is 11.5 Å². The minimum Gasteiger partial charge on any atom is -0.348 e. The van der Waals surface area contributed by atoms with Crippen molar-refractivity contribution >= 4 is 16.5 Å². The number of aromatic nitrogens is 3. The summed E-state index contributed by atoms with van der Waals surface area (Å²) in [5.74, 6) is 0.276. The summed E-state index contributed by atoms with van der Waals surface area (Å²) in [7, 11) is 0. The molecule has 5 rings (SSSR count). The molecule has 1 saturated carbocycles. The first-order valence-electron chi connectivity index (χ1n) is 9.54. The molecular formula is C21H20FN4S. The standard InChI is InChI=1S/C21H20FN4S/c22-16-6-4-5-15(11-16)18-20(19-17(14-7-8-14)12-23-13-24-19)27-21(25-18)26-9-2-1-3-10-26/h4-6,11-12,14H,1-3,7-10H2. The van der Waals surface area contributed by atoms with E-state index in [9.17, 15) is 4.39 Å². The van der Waals surface area contributed by atoms with Gasteiger partial charge in [-0.25, -0.2) is 19.3 Å². The molecule has 1 aliphatic carbocycles. The zero-order chi connectivity index (χ0) is 18.2. The van der Waals surface area contributed by atoms with E-state index in [0.29, 0.717) is 5.92 Å². The molecule has 0 bridgehead atoms. The smallest absolute Gasteiger partial charge is 0.198 e. The van der Waals surface area contributed by atoms with Crippen molar-refractivity contribution in [3.8, 4) is 21.8 Å².